The Hall–Kier alpha value is -1.44. The van der Waals surface area contributed by atoms with Gasteiger partial charge in [0.15, 0.2) is 0 Å². The fourth-order valence-corrected chi connectivity index (χ4v) is 5.29. The van der Waals surface area contributed by atoms with E-state index in [-0.39, 0.29) is 24.8 Å². The van der Waals surface area contributed by atoms with Gasteiger partial charge in [-0.05, 0) is 31.7 Å². The third-order valence-corrected chi connectivity index (χ3v) is 6.99. The number of piperidine rings is 1. The number of nitrogens with one attached hydrogen (secondary N) is 1. The molecule has 144 valence electrons. The van der Waals surface area contributed by atoms with E-state index in [4.69, 9.17) is 0 Å². The molecular formula is C19H28N2O4S. The van der Waals surface area contributed by atoms with Crippen molar-refractivity contribution in [2.24, 2.45) is 5.92 Å². The van der Waals surface area contributed by atoms with Crippen LogP contribution in [0.15, 0.2) is 30.3 Å². The van der Waals surface area contributed by atoms with Crippen molar-refractivity contribution in [3.63, 3.8) is 0 Å². The standard InChI is InChI=1S/C19H28N2O4S/c1-19(23)12-13-21(26(2,24)25)16(14-8-4-3-5-9-14)17(19)20-18(22)15-10-6-7-11-15/h3-5,8-9,15-17,23H,6-7,10-13H2,1-2H3,(H,20,22). The molecule has 0 spiro atoms. The van der Waals surface area contributed by atoms with Crippen molar-refractivity contribution in [3.8, 4) is 0 Å². The van der Waals surface area contributed by atoms with Crippen molar-refractivity contribution in [1.29, 1.82) is 0 Å². The molecule has 3 rings (SSSR count). The van der Waals surface area contributed by atoms with E-state index in [2.05, 4.69) is 5.32 Å². The van der Waals surface area contributed by atoms with Crippen molar-refractivity contribution >= 4 is 15.9 Å². The first-order valence-electron chi connectivity index (χ1n) is 9.25. The van der Waals surface area contributed by atoms with Crippen LogP contribution in [0.1, 0.15) is 50.6 Å². The molecule has 6 nitrogen and oxygen atoms in total. The number of sulfonamides is 1. The Morgan fingerprint density at radius 2 is 1.85 bits per heavy atom. The Balaban J connectivity index is 1.98. The molecule has 1 aliphatic heterocycles. The molecule has 7 heteroatoms. The quantitative estimate of drug-likeness (QED) is 0.834. The maximum absolute atomic E-state index is 12.7. The summed E-state index contributed by atoms with van der Waals surface area (Å²) in [6.07, 6.45) is 5.24. The predicted octanol–water partition coefficient (Wildman–Crippen LogP) is 1.82. The number of amides is 1. The van der Waals surface area contributed by atoms with Crippen LogP contribution in [-0.2, 0) is 14.8 Å². The van der Waals surface area contributed by atoms with Crippen LogP contribution in [0.3, 0.4) is 0 Å². The molecule has 1 heterocycles. The molecule has 1 saturated carbocycles. The van der Waals surface area contributed by atoms with Crippen molar-refractivity contribution in [2.45, 2.75) is 56.7 Å². The first-order chi connectivity index (χ1) is 12.2. The number of hydrogen-bond donors (Lipinski definition) is 2. The van der Waals surface area contributed by atoms with E-state index < -0.39 is 27.7 Å². The lowest BCUT2D eigenvalue weighted by Crippen LogP contribution is -2.63. The summed E-state index contributed by atoms with van der Waals surface area (Å²) in [5.41, 5.74) is -0.412. The Morgan fingerprint density at radius 3 is 2.42 bits per heavy atom. The lowest BCUT2D eigenvalue weighted by molar-refractivity contribution is -0.130. The second kappa shape index (κ2) is 7.29. The van der Waals surface area contributed by atoms with E-state index >= 15 is 0 Å². The second-order valence-electron chi connectivity index (χ2n) is 7.80. The predicted molar refractivity (Wildman–Crippen MR) is 99.9 cm³/mol. The zero-order chi connectivity index (χ0) is 18.9. The summed E-state index contributed by atoms with van der Waals surface area (Å²) in [4.78, 5) is 12.7. The summed E-state index contributed by atoms with van der Waals surface area (Å²) < 4.78 is 26.2. The molecule has 2 N–H and O–H groups in total. The largest absolute Gasteiger partial charge is 0.388 e. The molecular weight excluding hydrogens is 352 g/mol. The Morgan fingerprint density at radius 1 is 1.23 bits per heavy atom. The molecule has 0 radical (unpaired) electrons. The molecule has 1 aromatic carbocycles. The van der Waals surface area contributed by atoms with Gasteiger partial charge in [0.05, 0.1) is 23.9 Å². The number of aliphatic hydroxyl groups is 1. The molecule has 0 bridgehead atoms. The smallest absolute Gasteiger partial charge is 0.223 e. The van der Waals surface area contributed by atoms with Crippen LogP contribution < -0.4 is 5.32 Å². The van der Waals surface area contributed by atoms with Crippen molar-refractivity contribution in [2.75, 3.05) is 12.8 Å². The number of benzene rings is 1. The lowest BCUT2D eigenvalue weighted by atomic mass is 9.80. The molecule has 1 aromatic rings. The maximum Gasteiger partial charge on any atom is 0.223 e. The summed E-state index contributed by atoms with van der Waals surface area (Å²) in [5.74, 6) is -0.125. The van der Waals surface area contributed by atoms with Gasteiger partial charge in [-0.3, -0.25) is 4.79 Å². The molecule has 0 aromatic heterocycles. The van der Waals surface area contributed by atoms with Gasteiger partial charge >= 0.3 is 0 Å². The first kappa shape index (κ1) is 19.3. The van der Waals surface area contributed by atoms with Crippen LogP contribution in [0, 0.1) is 5.92 Å². The highest BCUT2D eigenvalue weighted by Crippen LogP contribution is 2.39. The van der Waals surface area contributed by atoms with Crippen LogP contribution >= 0.6 is 0 Å². The van der Waals surface area contributed by atoms with Gasteiger partial charge in [0.25, 0.3) is 0 Å². The van der Waals surface area contributed by atoms with Crippen LogP contribution in [0.4, 0.5) is 0 Å². The van der Waals surface area contributed by atoms with Gasteiger partial charge in [-0.1, -0.05) is 43.2 Å². The zero-order valence-corrected chi connectivity index (χ0v) is 16.2. The number of nitrogens with zero attached hydrogens (tertiary/aromatic N) is 1. The topological polar surface area (TPSA) is 86.7 Å². The molecule has 2 fully saturated rings. The van der Waals surface area contributed by atoms with E-state index in [9.17, 15) is 18.3 Å². The highest BCUT2D eigenvalue weighted by molar-refractivity contribution is 7.88. The van der Waals surface area contributed by atoms with Crippen molar-refractivity contribution in [3.05, 3.63) is 35.9 Å². The number of carbonyl (C=O) groups is 1. The number of rotatable bonds is 4. The monoisotopic (exact) mass is 380 g/mol. The molecule has 2 aliphatic rings. The van der Waals surface area contributed by atoms with Crippen LogP contribution in [0.2, 0.25) is 0 Å². The third kappa shape index (κ3) is 3.94. The van der Waals surface area contributed by atoms with Gasteiger partial charge in [-0.2, -0.15) is 4.31 Å². The van der Waals surface area contributed by atoms with E-state index in [1.54, 1.807) is 6.92 Å². The molecule has 1 amide bonds. The first-order valence-corrected chi connectivity index (χ1v) is 11.1. The SMILES string of the molecule is CC1(O)CCN(S(C)(=O)=O)C(c2ccccc2)C1NC(=O)C1CCCC1. The van der Waals surface area contributed by atoms with E-state index in [0.717, 1.165) is 31.2 Å². The van der Waals surface area contributed by atoms with Crippen LogP contribution in [0.5, 0.6) is 0 Å². The molecule has 3 unspecified atom stereocenters. The third-order valence-electron chi connectivity index (χ3n) is 5.73. The lowest BCUT2D eigenvalue weighted by Gasteiger charge is -2.48. The summed E-state index contributed by atoms with van der Waals surface area (Å²) in [6.45, 7) is 1.91. The average molecular weight is 381 g/mol. The molecule has 26 heavy (non-hydrogen) atoms. The summed E-state index contributed by atoms with van der Waals surface area (Å²) >= 11 is 0. The van der Waals surface area contributed by atoms with Gasteiger partial charge in [-0.15, -0.1) is 0 Å². The van der Waals surface area contributed by atoms with Gasteiger partial charge in [-0.25, -0.2) is 8.42 Å². The minimum absolute atomic E-state index is 0.0455. The van der Waals surface area contributed by atoms with Crippen molar-refractivity contribution < 1.29 is 18.3 Å². The Labute approximate surface area is 155 Å². The Bertz CT molecular complexity index is 742. The summed E-state index contributed by atoms with van der Waals surface area (Å²) in [5, 5.41) is 14.0. The van der Waals surface area contributed by atoms with E-state index in [1.807, 2.05) is 30.3 Å². The van der Waals surface area contributed by atoms with Gasteiger partial charge in [0.1, 0.15) is 0 Å². The van der Waals surface area contributed by atoms with Gasteiger partial charge < -0.3 is 10.4 Å². The Kier molecular flexibility index (Phi) is 5.42. The fourth-order valence-electron chi connectivity index (χ4n) is 4.21. The second-order valence-corrected chi connectivity index (χ2v) is 9.74. The van der Waals surface area contributed by atoms with Gasteiger partial charge in [0, 0.05) is 12.5 Å². The highest BCUT2D eigenvalue weighted by Gasteiger charge is 2.49. The zero-order valence-electron chi connectivity index (χ0n) is 15.4. The molecule has 1 aliphatic carbocycles. The van der Waals surface area contributed by atoms with E-state index in [0.29, 0.717) is 0 Å². The summed E-state index contributed by atoms with van der Waals surface area (Å²) in [6, 6.07) is 7.92. The van der Waals surface area contributed by atoms with Gasteiger partial charge in [0.2, 0.25) is 15.9 Å². The number of carbonyl (C=O) groups excluding carboxylic acids is 1. The highest BCUT2D eigenvalue weighted by atomic mass is 32.2. The van der Waals surface area contributed by atoms with Crippen LogP contribution in [0.25, 0.3) is 0 Å². The van der Waals surface area contributed by atoms with E-state index in [1.165, 1.54) is 10.6 Å². The molecule has 1 saturated heterocycles. The van der Waals surface area contributed by atoms with Crippen molar-refractivity contribution in [1.82, 2.24) is 9.62 Å². The summed E-state index contributed by atoms with van der Waals surface area (Å²) in [7, 11) is -3.49. The maximum atomic E-state index is 12.7. The molecule has 3 atom stereocenters. The average Bonchev–Trinajstić information content (AvgIpc) is 3.10. The normalized spacial score (nSPS) is 31.0. The van der Waals surface area contributed by atoms with Crippen LogP contribution in [-0.4, -0.2) is 48.2 Å². The minimum atomic E-state index is -3.49. The fraction of sp³-hybridized carbons (Fsp3) is 0.632. The minimum Gasteiger partial charge on any atom is -0.388 e. The number of hydrogen-bond acceptors (Lipinski definition) is 4.